The zero-order chi connectivity index (χ0) is 20.8. The summed E-state index contributed by atoms with van der Waals surface area (Å²) >= 11 is 1.58. The Morgan fingerprint density at radius 3 is 2.21 bits per heavy atom. The highest BCUT2D eigenvalue weighted by Crippen LogP contribution is 2.20. The van der Waals surface area contributed by atoms with Crippen molar-refractivity contribution in [2.45, 2.75) is 31.7 Å². The zero-order valence-electron chi connectivity index (χ0n) is 16.6. The van der Waals surface area contributed by atoms with Gasteiger partial charge in [0, 0.05) is 28.4 Å². The van der Waals surface area contributed by atoms with Crippen LogP contribution in [0.25, 0.3) is 0 Å². The van der Waals surface area contributed by atoms with E-state index < -0.39 is 0 Å². The van der Waals surface area contributed by atoms with Crippen LogP contribution in [0.3, 0.4) is 0 Å². The van der Waals surface area contributed by atoms with Gasteiger partial charge < -0.3 is 5.73 Å². The highest BCUT2D eigenvalue weighted by molar-refractivity contribution is 7.98. The molecule has 0 unspecified atom stereocenters. The molecule has 2 aromatic carbocycles. The van der Waals surface area contributed by atoms with Crippen LogP contribution in [0.5, 0.6) is 0 Å². The van der Waals surface area contributed by atoms with Gasteiger partial charge in [-0.2, -0.15) is 5.10 Å². The summed E-state index contributed by atoms with van der Waals surface area (Å²) in [6.45, 7) is 5.76. The van der Waals surface area contributed by atoms with E-state index >= 15 is 0 Å². The molecule has 0 aliphatic carbocycles. The van der Waals surface area contributed by atoms with Crippen molar-refractivity contribution in [3.63, 3.8) is 0 Å². The molecule has 0 aliphatic heterocycles. The number of carbonyl (C=O) groups is 1. The maximum atomic E-state index is 12.3. The van der Waals surface area contributed by atoms with Crippen molar-refractivity contribution >= 4 is 29.1 Å². The number of rotatable bonds is 6. The Bertz CT molecular complexity index is 1010. The molecule has 0 aliphatic rings. The average molecular weight is 406 g/mol. The van der Waals surface area contributed by atoms with Gasteiger partial charge in [0.05, 0.1) is 5.71 Å². The zero-order valence-corrected chi connectivity index (χ0v) is 17.5. The van der Waals surface area contributed by atoms with Crippen LogP contribution >= 0.6 is 11.8 Å². The number of hydrogen-bond donors (Lipinski definition) is 2. The number of hydrazone groups is 1. The van der Waals surface area contributed by atoms with Gasteiger partial charge in [-0.3, -0.25) is 4.79 Å². The molecule has 29 heavy (non-hydrogen) atoms. The maximum Gasteiger partial charge on any atom is 0.271 e. The molecule has 3 N–H and O–H groups in total. The van der Waals surface area contributed by atoms with Gasteiger partial charge in [0.25, 0.3) is 5.91 Å². The van der Waals surface area contributed by atoms with E-state index in [0.29, 0.717) is 17.0 Å². The molecule has 0 saturated carbocycles. The van der Waals surface area contributed by atoms with Crippen LogP contribution < -0.4 is 11.2 Å². The van der Waals surface area contributed by atoms with Crippen molar-refractivity contribution in [3.05, 3.63) is 82.7 Å². The number of benzene rings is 2. The first-order valence-electron chi connectivity index (χ1n) is 9.15. The molecule has 0 fully saturated rings. The summed E-state index contributed by atoms with van der Waals surface area (Å²) in [6.07, 6.45) is 0. The molecular formula is C22H23N5OS. The van der Waals surface area contributed by atoms with Crippen molar-refractivity contribution in [2.75, 3.05) is 5.73 Å². The lowest BCUT2D eigenvalue weighted by atomic mass is 10.1. The largest absolute Gasteiger partial charge is 0.399 e. The second-order valence-corrected chi connectivity index (χ2v) is 7.62. The monoisotopic (exact) mass is 405 g/mol. The molecule has 3 rings (SSSR count). The fourth-order valence-corrected chi connectivity index (χ4v) is 3.55. The van der Waals surface area contributed by atoms with Crippen molar-refractivity contribution in [1.29, 1.82) is 0 Å². The van der Waals surface area contributed by atoms with Crippen molar-refractivity contribution in [3.8, 4) is 0 Å². The first-order valence-corrected chi connectivity index (χ1v) is 10.1. The summed E-state index contributed by atoms with van der Waals surface area (Å²) < 4.78 is 0. The summed E-state index contributed by atoms with van der Waals surface area (Å²) in [6, 6.07) is 16.7. The van der Waals surface area contributed by atoms with Crippen LogP contribution in [0.4, 0.5) is 5.69 Å². The van der Waals surface area contributed by atoms with Gasteiger partial charge in [0.1, 0.15) is 0 Å². The van der Waals surface area contributed by atoms with Crippen molar-refractivity contribution < 1.29 is 4.79 Å². The molecule has 1 amide bonds. The van der Waals surface area contributed by atoms with Crippen LogP contribution in [0.2, 0.25) is 0 Å². The fourth-order valence-electron chi connectivity index (χ4n) is 2.65. The van der Waals surface area contributed by atoms with E-state index in [9.17, 15) is 4.79 Å². The van der Waals surface area contributed by atoms with Crippen molar-refractivity contribution in [2.24, 2.45) is 5.10 Å². The predicted molar refractivity (Wildman–Crippen MR) is 118 cm³/mol. The second kappa shape index (κ2) is 9.34. The molecule has 7 heteroatoms. The standard InChI is InChI=1S/C22H23N5OS/c1-14-12-15(2)25-22(24-14)29-13-17-4-6-19(7-5-17)21(28)27-26-16(3)18-8-10-20(23)11-9-18/h4-12H,13,23H2,1-3H3,(H,27,28)/b26-16-. The smallest absolute Gasteiger partial charge is 0.271 e. The number of aryl methyl sites for hydroxylation is 2. The number of aromatic nitrogens is 2. The minimum atomic E-state index is -0.253. The normalized spacial score (nSPS) is 11.3. The number of amides is 1. The molecule has 3 aromatic rings. The average Bonchev–Trinajstić information content (AvgIpc) is 2.70. The number of hydrogen-bond acceptors (Lipinski definition) is 6. The maximum absolute atomic E-state index is 12.3. The predicted octanol–water partition coefficient (Wildman–Crippen LogP) is 4.12. The van der Waals surface area contributed by atoms with Crippen LogP contribution in [0, 0.1) is 13.8 Å². The van der Waals surface area contributed by atoms with Crippen LogP contribution in [0.1, 0.15) is 39.8 Å². The third-order valence-electron chi connectivity index (χ3n) is 4.20. The molecule has 0 saturated heterocycles. The van der Waals surface area contributed by atoms with E-state index in [1.54, 1.807) is 36.0 Å². The third kappa shape index (κ3) is 5.89. The van der Waals surface area contributed by atoms with Crippen molar-refractivity contribution in [1.82, 2.24) is 15.4 Å². The van der Waals surface area contributed by atoms with Crippen LogP contribution in [-0.2, 0) is 5.75 Å². The Hall–Kier alpha value is -3.19. The molecule has 0 radical (unpaired) electrons. The van der Waals surface area contributed by atoms with E-state index in [-0.39, 0.29) is 5.91 Å². The number of carbonyl (C=O) groups excluding carboxylic acids is 1. The van der Waals surface area contributed by atoms with Gasteiger partial charge in [0.2, 0.25) is 0 Å². The summed E-state index contributed by atoms with van der Waals surface area (Å²) in [7, 11) is 0. The van der Waals surface area contributed by atoms with E-state index in [1.165, 1.54) is 0 Å². The van der Waals surface area contributed by atoms with Crippen LogP contribution in [0.15, 0.2) is 64.9 Å². The highest BCUT2D eigenvalue weighted by atomic mass is 32.2. The number of nitrogen functional groups attached to an aromatic ring is 1. The Balaban J connectivity index is 1.58. The number of nitrogens with zero attached hydrogens (tertiary/aromatic N) is 3. The highest BCUT2D eigenvalue weighted by Gasteiger charge is 2.07. The molecule has 0 bridgehead atoms. The third-order valence-corrected chi connectivity index (χ3v) is 5.12. The molecule has 148 valence electrons. The minimum Gasteiger partial charge on any atom is -0.399 e. The van der Waals surface area contributed by atoms with E-state index in [2.05, 4.69) is 20.5 Å². The lowest BCUT2D eigenvalue weighted by Gasteiger charge is -2.06. The van der Waals surface area contributed by atoms with E-state index in [0.717, 1.165) is 33.4 Å². The van der Waals surface area contributed by atoms with E-state index in [4.69, 9.17) is 5.73 Å². The summed E-state index contributed by atoms with van der Waals surface area (Å²) in [5.74, 6) is 0.482. The second-order valence-electron chi connectivity index (χ2n) is 6.68. The number of anilines is 1. The summed E-state index contributed by atoms with van der Waals surface area (Å²) in [5, 5.41) is 4.93. The summed E-state index contributed by atoms with van der Waals surface area (Å²) in [4.78, 5) is 21.2. The Morgan fingerprint density at radius 2 is 1.59 bits per heavy atom. The fraction of sp³-hybridized carbons (Fsp3) is 0.182. The minimum absolute atomic E-state index is 0.253. The van der Waals surface area contributed by atoms with Gasteiger partial charge in [0.15, 0.2) is 5.16 Å². The Kier molecular flexibility index (Phi) is 6.61. The first kappa shape index (κ1) is 20.5. The molecule has 1 aromatic heterocycles. The van der Waals surface area contributed by atoms with Gasteiger partial charge in [-0.25, -0.2) is 15.4 Å². The van der Waals surface area contributed by atoms with E-state index in [1.807, 2.05) is 51.1 Å². The Morgan fingerprint density at radius 1 is 1.00 bits per heavy atom. The van der Waals surface area contributed by atoms with Gasteiger partial charge in [-0.15, -0.1) is 0 Å². The van der Waals surface area contributed by atoms with Crippen LogP contribution in [-0.4, -0.2) is 21.6 Å². The quantitative estimate of drug-likeness (QED) is 0.212. The van der Waals surface area contributed by atoms with Gasteiger partial charge >= 0.3 is 0 Å². The molecule has 0 atom stereocenters. The number of nitrogens with two attached hydrogens (primary N) is 1. The SMILES string of the molecule is C/C(=N/NC(=O)c1ccc(CSc2nc(C)cc(C)n2)cc1)c1ccc(N)cc1. The lowest BCUT2D eigenvalue weighted by molar-refractivity contribution is 0.0955. The first-order chi connectivity index (χ1) is 13.9. The lowest BCUT2D eigenvalue weighted by Crippen LogP contribution is -2.19. The molecule has 0 spiro atoms. The molecule has 1 heterocycles. The molecular weight excluding hydrogens is 382 g/mol. The number of nitrogens with one attached hydrogen (secondary N) is 1. The molecule has 6 nitrogen and oxygen atoms in total. The topological polar surface area (TPSA) is 93.3 Å². The van der Waals surface area contributed by atoms with Gasteiger partial charge in [-0.05, 0) is 62.2 Å². The van der Waals surface area contributed by atoms with Gasteiger partial charge in [-0.1, -0.05) is 36.0 Å². The summed E-state index contributed by atoms with van der Waals surface area (Å²) in [5.41, 5.74) is 14.1. The number of thioether (sulfide) groups is 1. The Labute approximate surface area is 174 Å².